The van der Waals surface area contributed by atoms with Gasteiger partial charge in [0.2, 0.25) is 0 Å². The number of hydrogen-bond acceptors (Lipinski definition) is 2. The molecule has 0 saturated heterocycles. The van der Waals surface area contributed by atoms with Crippen LogP contribution in [0.4, 0.5) is 0 Å². The lowest BCUT2D eigenvalue weighted by Gasteiger charge is -2.33. The van der Waals surface area contributed by atoms with Gasteiger partial charge in [-0.2, -0.15) is 0 Å². The fraction of sp³-hybridized carbons (Fsp3) is 0.714. The van der Waals surface area contributed by atoms with Crippen molar-refractivity contribution in [1.82, 2.24) is 5.32 Å². The summed E-state index contributed by atoms with van der Waals surface area (Å²) in [6.45, 7) is 4.79. The van der Waals surface area contributed by atoms with Crippen LogP contribution in [0.25, 0.3) is 0 Å². The van der Waals surface area contributed by atoms with Gasteiger partial charge in [0, 0.05) is 11.4 Å². The second-order valence-corrected chi connectivity index (χ2v) is 6.41. The summed E-state index contributed by atoms with van der Waals surface area (Å²) in [7, 11) is 0. The van der Waals surface area contributed by atoms with Gasteiger partial charge in [0.15, 0.2) is 0 Å². The van der Waals surface area contributed by atoms with Gasteiger partial charge >= 0.3 is 0 Å². The Morgan fingerprint density at radius 1 is 1.31 bits per heavy atom. The zero-order chi connectivity index (χ0) is 11.3. The zero-order valence-electron chi connectivity index (χ0n) is 10.3. The lowest BCUT2D eigenvalue weighted by Crippen LogP contribution is -2.34. The maximum Gasteiger partial charge on any atom is 0.00578 e. The monoisotopic (exact) mass is 237 g/mol. The summed E-state index contributed by atoms with van der Waals surface area (Å²) in [6, 6.07) is 4.37. The minimum atomic E-state index is 0.577. The Morgan fingerprint density at radius 3 is 2.81 bits per heavy atom. The van der Waals surface area contributed by atoms with E-state index in [4.69, 9.17) is 0 Å². The molecule has 1 aromatic heterocycles. The van der Waals surface area contributed by atoms with E-state index in [9.17, 15) is 0 Å². The quantitative estimate of drug-likeness (QED) is 0.767. The smallest absolute Gasteiger partial charge is 0.00578 e. The first kappa shape index (κ1) is 12.1. The van der Waals surface area contributed by atoms with E-state index in [2.05, 4.69) is 29.8 Å². The van der Waals surface area contributed by atoms with Gasteiger partial charge in [-0.1, -0.05) is 32.3 Å². The van der Waals surface area contributed by atoms with E-state index in [1.807, 2.05) is 11.3 Å². The SMILES string of the molecule is CC1(CNCCc2cccs2)CCCCC1. The molecule has 0 atom stereocenters. The zero-order valence-corrected chi connectivity index (χ0v) is 11.1. The first-order valence-electron chi connectivity index (χ1n) is 6.52. The summed E-state index contributed by atoms with van der Waals surface area (Å²) in [5, 5.41) is 5.81. The molecule has 1 aliphatic rings. The highest BCUT2D eigenvalue weighted by atomic mass is 32.1. The van der Waals surface area contributed by atoms with Gasteiger partial charge in [0.1, 0.15) is 0 Å². The van der Waals surface area contributed by atoms with Gasteiger partial charge in [0.25, 0.3) is 0 Å². The molecule has 0 unspecified atom stereocenters. The van der Waals surface area contributed by atoms with Crippen molar-refractivity contribution in [3.05, 3.63) is 22.4 Å². The summed E-state index contributed by atoms with van der Waals surface area (Å²) in [5.74, 6) is 0. The molecule has 1 saturated carbocycles. The number of nitrogens with one attached hydrogen (secondary N) is 1. The molecule has 0 radical (unpaired) electrons. The van der Waals surface area contributed by atoms with E-state index in [0.717, 1.165) is 6.54 Å². The van der Waals surface area contributed by atoms with E-state index < -0.39 is 0 Å². The van der Waals surface area contributed by atoms with Gasteiger partial charge in [-0.05, 0) is 42.7 Å². The van der Waals surface area contributed by atoms with Crippen LogP contribution in [0, 0.1) is 5.41 Å². The first-order valence-corrected chi connectivity index (χ1v) is 7.40. The molecule has 1 heterocycles. The molecule has 0 spiro atoms. The molecular formula is C14H23NS. The third-order valence-electron chi connectivity index (χ3n) is 3.74. The summed E-state index contributed by atoms with van der Waals surface area (Å²) < 4.78 is 0. The molecular weight excluding hydrogens is 214 g/mol. The fourth-order valence-electron chi connectivity index (χ4n) is 2.64. The highest BCUT2D eigenvalue weighted by Crippen LogP contribution is 2.34. The minimum absolute atomic E-state index is 0.577. The Morgan fingerprint density at radius 2 is 2.12 bits per heavy atom. The van der Waals surface area contributed by atoms with Gasteiger partial charge in [-0.25, -0.2) is 0 Å². The van der Waals surface area contributed by atoms with Crippen molar-refractivity contribution in [2.45, 2.75) is 45.4 Å². The van der Waals surface area contributed by atoms with Crippen LogP contribution >= 0.6 is 11.3 Å². The van der Waals surface area contributed by atoms with E-state index in [0.29, 0.717) is 5.41 Å². The maximum atomic E-state index is 3.64. The van der Waals surface area contributed by atoms with Crippen LogP contribution < -0.4 is 5.32 Å². The number of hydrogen-bond donors (Lipinski definition) is 1. The molecule has 1 aromatic rings. The maximum absolute atomic E-state index is 3.64. The van der Waals surface area contributed by atoms with Crippen molar-refractivity contribution in [3.63, 3.8) is 0 Å². The Labute approximate surface area is 103 Å². The summed E-state index contributed by atoms with van der Waals surface area (Å²) in [6.07, 6.45) is 8.34. The highest BCUT2D eigenvalue weighted by Gasteiger charge is 2.25. The van der Waals surface area contributed by atoms with Gasteiger partial charge in [0.05, 0.1) is 0 Å². The van der Waals surface area contributed by atoms with Crippen LogP contribution in [0.3, 0.4) is 0 Å². The highest BCUT2D eigenvalue weighted by molar-refractivity contribution is 7.09. The first-order chi connectivity index (χ1) is 7.79. The third kappa shape index (κ3) is 3.60. The third-order valence-corrected chi connectivity index (χ3v) is 4.68. The van der Waals surface area contributed by atoms with Gasteiger partial charge < -0.3 is 5.32 Å². The van der Waals surface area contributed by atoms with Crippen LogP contribution in [0.5, 0.6) is 0 Å². The Hall–Kier alpha value is -0.340. The van der Waals surface area contributed by atoms with Gasteiger partial charge in [-0.3, -0.25) is 0 Å². The number of rotatable bonds is 5. The normalized spacial score (nSPS) is 19.8. The molecule has 1 aliphatic carbocycles. The Balaban J connectivity index is 1.63. The average molecular weight is 237 g/mol. The summed E-state index contributed by atoms with van der Waals surface area (Å²) in [4.78, 5) is 1.50. The summed E-state index contributed by atoms with van der Waals surface area (Å²) in [5.41, 5.74) is 0.577. The van der Waals surface area contributed by atoms with Crippen LogP contribution in [0.1, 0.15) is 43.9 Å². The fourth-order valence-corrected chi connectivity index (χ4v) is 3.35. The van der Waals surface area contributed by atoms with Gasteiger partial charge in [-0.15, -0.1) is 11.3 Å². The molecule has 90 valence electrons. The molecule has 1 nitrogen and oxygen atoms in total. The van der Waals surface area contributed by atoms with E-state index in [1.165, 1.54) is 49.9 Å². The summed E-state index contributed by atoms with van der Waals surface area (Å²) >= 11 is 1.87. The van der Waals surface area contributed by atoms with Crippen LogP contribution in [0.2, 0.25) is 0 Å². The van der Waals surface area contributed by atoms with Crippen molar-refractivity contribution < 1.29 is 0 Å². The minimum Gasteiger partial charge on any atom is -0.316 e. The Kier molecular flexibility index (Phi) is 4.42. The number of thiophene rings is 1. The molecule has 0 amide bonds. The van der Waals surface area contributed by atoms with E-state index >= 15 is 0 Å². The topological polar surface area (TPSA) is 12.0 Å². The lowest BCUT2D eigenvalue weighted by molar-refractivity contribution is 0.209. The molecule has 1 fully saturated rings. The largest absolute Gasteiger partial charge is 0.316 e. The van der Waals surface area contributed by atoms with Crippen LogP contribution in [-0.2, 0) is 6.42 Å². The van der Waals surface area contributed by atoms with E-state index in [1.54, 1.807) is 0 Å². The Bertz CT molecular complexity index is 286. The molecule has 0 aromatic carbocycles. The lowest BCUT2D eigenvalue weighted by atomic mass is 9.76. The molecule has 16 heavy (non-hydrogen) atoms. The van der Waals surface area contributed by atoms with E-state index in [-0.39, 0.29) is 0 Å². The average Bonchev–Trinajstić information content (AvgIpc) is 2.78. The predicted octanol–water partition coefficient (Wildman–Crippen LogP) is 3.85. The van der Waals surface area contributed by atoms with Crippen molar-refractivity contribution in [3.8, 4) is 0 Å². The van der Waals surface area contributed by atoms with Crippen molar-refractivity contribution in [1.29, 1.82) is 0 Å². The van der Waals surface area contributed by atoms with Crippen LogP contribution in [0.15, 0.2) is 17.5 Å². The molecule has 2 heteroatoms. The second-order valence-electron chi connectivity index (χ2n) is 5.38. The molecule has 1 N–H and O–H groups in total. The predicted molar refractivity (Wildman–Crippen MR) is 72.1 cm³/mol. The van der Waals surface area contributed by atoms with Crippen LogP contribution in [-0.4, -0.2) is 13.1 Å². The standard InChI is InChI=1S/C14H23NS/c1-14(8-3-2-4-9-14)12-15-10-7-13-6-5-11-16-13/h5-6,11,15H,2-4,7-10,12H2,1H3. The van der Waals surface area contributed by atoms with Crippen molar-refractivity contribution in [2.24, 2.45) is 5.41 Å². The molecule has 2 rings (SSSR count). The van der Waals surface area contributed by atoms with Crippen molar-refractivity contribution >= 4 is 11.3 Å². The second kappa shape index (κ2) is 5.83. The van der Waals surface area contributed by atoms with Crippen molar-refractivity contribution in [2.75, 3.05) is 13.1 Å². The molecule has 0 bridgehead atoms. The molecule has 0 aliphatic heterocycles.